The van der Waals surface area contributed by atoms with Gasteiger partial charge in [0.2, 0.25) is 0 Å². The third-order valence-corrected chi connectivity index (χ3v) is 4.72. The normalized spacial score (nSPS) is 28.3. The van der Waals surface area contributed by atoms with Gasteiger partial charge in [-0.3, -0.25) is 4.90 Å². The molecule has 3 rings (SSSR count). The van der Waals surface area contributed by atoms with Crippen LogP contribution in [0, 0.1) is 0 Å². The molecule has 98 valence electrons. The monoisotopic (exact) mass is 244 g/mol. The Kier molecular flexibility index (Phi) is 3.67. The Morgan fingerprint density at radius 1 is 1.17 bits per heavy atom. The lowest BCUT2D eigenvalue weighted by atomic mass is 9.82. The summed E-state index contributed by atoms with van der Waals surface area (Å²) < 4.78 is 0. The Morgan fingerprint density at radius 2 is 2.06 bits per heavy atom. The Hall–Kier alpha value is -0.860. The molecule has 2 N–H and O–H groups in total. The van der Waals surface area contributed by atoms with E-state index >= 15 is 0 Å². The summed E-state index contributed by atoms with van der Waals surface area (Å²) in [6.07, 6.45) is 6.60. The number of rotatable bonds is 3. The topological polar surface area (TPSA) is 29.3 Å². The molecule has 1 fully saturated rings. The Balaban J connectivity index is 1.74. The molecular formula is C16H24N2. The van der Waals surface area contributed by atoms with E-state index in [2.05, 4.69) is 29.2 Å². The molecule has 0 spiro atoms. The van der Waals surface area contributed by atoms with Crippen LogP contribution in [0.2, 0.25) is 0 Å². The number of hydrogen-bond donors (Lipinski definition) is 1. The van der Waals surface area contributed by atoms with E-state index in [-0.39, 0.29) is 0 Å². The van der Waals surface area contributed by atoms with E-state index in [0.717, 1.165) is 12.5 Å². The maximum atomic E-state index is 5.88. The highest BCUT2D eigenvalue weighted by Crippen LogP contribution is 2.33. The van der Waals surface area contributed by atoms with Crippen molar-refractivity contribution in [2.45, 2.75) is 44.1 Å². The van der Waals surface area contributed by atoms with Crippen molar-refractivity contribution in [3.63, 3.8) is 0 Å². The lowest BCUT2D eigenvalue weighted by Gasteiger charge is -2.32. The number of benzene rings is 1. The third kappa shape index (κ3) is 2.32. The minimum Gasteiger partial charge on any atom is -0.329 e. The minimum atomic E-state index is 0.638. The first-order chi connectivity index (χ1) is 8.88. The second-order valence-electron chi connectivity index (χ2n) is 5.81. The molecule has 0 radical (unpaired) electrons. The van der Waals surface area contributed by atoms with Crippen molar-refractivity contribution in [1.82, 2.24) is 4.90 Å². The van der Waals surface area contributed by atoms with Gasteiger partial charge >= 0.3 is 0 Å². The Bertz CT molecular complexity index is 402. The average Bonchev–Trinajstić information content (AvgIpc) is 2.86. The van der Waals surface area contributed by atoms with Gasteiger partial charge in [0.25, 0.3) is 0 Å². The quantitative estimate of drug-likeness (QED) is 0.885. The molecule has 2 nitrogen and oxygen atoms in total. The molecule has 0 aromatic heterocycles. The van der Waals surface area contributed by atoms with Crippen LogP contribution in [-0.2, 0) is 6.42 Å². The first kappa shape index (κ1) is 12.2. The summed E-state index contributed by atoms with van der Waals surface area (Å²) in [5, 5.41) is 0. The lowest BCUT2D eigenvalue weighted by molar-refractivity contribution is 0.234. The Morgan fingerprint density at radius 3 is 2.94 bits per heavy atom. The molecule has 0 saturated carbocycles. The molecule has 1 saturated heterocycles. The van der Waals surface area contributed by atoms with Crippen LogP contribution in [0.1, 0.15) is 42.7 Å². The second-order valence-corrected chi connectivity index (χ2v) is 5.81. The zero-order chi connectivity index (χ0) is 12.4. The van der Waals surface area contributed by atoms with Gasteiger partial charge in [0.1, 0.15) is 0 Å². The van der Waals surface area contributed by atoms with Crippen LogP contribution in [0.5, 0.6) is 0 Å². The molecule has 0 bridgehead atoms. The standard InChI is InChI=1S/C16H24N2/c17-11-15-8-4-10-18(15)12-14-7-3-6-13-5-1-2-9-16(13)14/h1-2,5,9,14-15H,3-4,6-8,10-12,17H2. The van der Waals surface area contributed by atoms with Gasteiger partial charge in [0, 0.05) is 19.1 Å². The van der Waals surface area contributed by atoms with Crippen LogP contribution < -0.4 is 5.73 Å². The highest BCUT2D eigenvalue weighted by atomic mass is 15.2. The molecule has 18 heavy (non-hydrogen) atoms. The smallest absolute Gasteiger partial charge is 0.0219 e. The lowest BCUT2D eigenvalue weighted by Crippen LogP contribution is -2.38. The first-order valence-electron chi connectivity index (χ1n) is 7.40. The van der Waals surface area contributed by atoms with Crippen molar-refractivity contribution in [2.75, 3.05) is 19.6 Å². The van der Waals surface area contributed by atoms with Crippen molar-refractivity contribution in [2.24, 2.45) is 5.73 Å². The maximum absolute atomic E-state index is 5.88. The maximum Gasteiger partial charge on any atom is 0.0219 e. The van der Waals surface area contributed by atoms with Crippen molar-refractivity contribution in [3.8, 4) is 0 Å². The molecule has 1 aliphatic heterocycles. The first-order valence-corrected chi connectivity index (χ1v) is 7.40. The number of fused-ring (bicyclic) bond motifs is 1. The molecule has 1 heterocycles. The van der Waals surface area contributed by atoms with E-state index in [4.69, 9.17) is 5.73 Å². The molecular weight excluding hydrogens is 220 g/mol. The molecule has 1 aromatic rings. The van der Waals surface area contributed by atoms with E-state index < -0.39 is 0 Å². The van der Waals surface area contributed by atoms with Crippen molar-refractivity contribution in [3.05, 3.63) is 35.4 Å². The fourth-order valence-corrected chi connectivity index (χ4v) is 3.73. The number of nitrogens with zero attached hydrogens (tertiary/aromatic N) is 1. The van der Waals surface area contributed by atoms with E-state index in [1.165, 1.54) is 45.2 Å². The number of hydrogen-bond acceptors (Lipinski definition) is 2. The second kappa shape index (κ2) is 5.41. The number of nitrogens with two attached hydrogens (primary N) is 1. The SMILES string of the molecule is NCC1CCCN1CC1CCCc2ccccc21. The van der Waals surface area contributed by atoms with Crippen LogP contribution in [-0.4, -0.2) is 30.6 Å². The van der Waals surface area contributed by atoms with E-state index in [1.807, 2.05) is 0 Å². The average molecular weight is 244 g/mol. The van der Waals surface area contributed by atoms with E-state index in [0.29, 0.717) is 6.04 Å². The van der Waals surface area contributed by atoms with Gasteiger partial charge in [-0.15, -0.1) is 0 Å². The number of aryl methyl sites for hydroxylation is 1. The minimum absolute atomic E-state index is 0.638. The predicted molar refractivity (Wildman–Crippen MR) is 75.8 cm³/mol. The summed E-state index contributed by atoms with van der Waals surface area (Å²) in [5.41, 5.74) is 9.07. The van der Waals surface area contributed by atoms with Gasteiger partial charge in [0.15, 0.2) is 0 Å². The summed E-state index contributed by atoms with van der Waals surface area (Å²) in [6.45, 7) is 3.30. The zero-order valence-electron chi connectivity index (χ0n) is 11.1. The van der Waals surface area contributed by atoms with Crippen LogP contribution in [0.3, 0.4) is 0 Å². The van der Waals surface area contributed by atoms with E-state index in [9.17, 15) is 0 Å². The van der Waals surface area contributed by atoms with Gasteiger partial charge < -0.3 is 5.73 Å². The largest absolute Gasteiger partial charge is 0.329 e. The molecule has 2 atom stereocenters. The summed E-state index contributed by atoms with van der Waals surface area (Å²) in [5.74, 6) is 0.738. The van der Waals surface area contributed by atoms with Gasteiger partial charge in [-0.1, -0.05) is 24.3 Å². The van der Waals surface area contributed by atoms with Crippen LogP contribution in [0.25, 0.3) is 0 Å². The van der Waals surface area contributed by atoms with E-state index in [1.54, 1.807) is 11.1 Å². The molecule has 1 aliphatic carbocycles. The van der Waals surface area contributed by atoms with Crippen molar-refractivity contribution >= 4 is 0 Å². The highest BCUT2D eigenvalue weighted by molar-refractivity contribution is 5.32. The van der Waals surface area contributed by atoms with Gasteiger partial charge in [-0.25, -0.2) is 0 Å². The fraction of sp³-hybridized carbons (Fsp3) is 0.625. The van der Waals surface area contributed by atoms with Crippen LogP contribution >= 0.6 is 0 Å². The molecule has 2 unspecified atom stereocenters. The summed E-state index contributed by atoms with van der Waals surface area (Å²) in [6, 6.07) is 9.67. The summed E-state index contributed by atoms with van der Waals surface area (Å²) in [4.78, 5) is 2.63. The molecule has 2 aliphatic rings. The van der Waals surface area contributed by atoms with Crippen molar-refractivity contribution < 1.29 is 0 Å². The zero-order valence-corrected chi connectivity index (χ0v) is 11.1. The van der Waals surface area contributed by atoms with Crippen molar-refractivity contribution in [1.29, 1.82) is 0 Å². The molecule has 1 aromatic carbocycles. The number of likely N-dealkylation sites (tertiary alicyclic amines) is 1. The fourth-order valence-electron chi connectivity index (χ4n) is 3.73. The third-order valence-electron chi connectivity index (χ3n) is 4.72. The Labute approximate surface area is 110 Å². The molecule has 2 heteroatoms. The summed E-state index contributed by atoms with van der Waals surface area (Å²) >= 11 is 0. The predicted octanol–water partition coefficient (Wildman–Crippen LogP) is 2.53. The van der Waals surface area contributed by atoms with Gasteiger partial charge in [-0.2, -0.15) is 0 Å². The van der Waals surface area contributed by atoms with Crippen LogP contribution in [0.4, 0.5) is 0 Å². The van der Waals surface area contributed by atoms with Crippen LogP contribution in [0.15, 0.2) is 24.3 Å². The molecule has 0 amide bonds. The summed E-state index contributed by atoms with van der Waals surface area (Å²) in [7, 11) is 0. The highest BCUT2D eigenvalue weighted by Gasteiger charge is 2.28. The van der Waals surface area contributed by atoms with Gasteiger partial charge in [0.05, 0.1) is 0 Å². The van der Waals surface area contributed by atoms with Gasteiger partial charge in [-0.05, 0) is 55.7 Å².